The molecule has 7 nitrogen and oxygen atoms in total. The highest BCUT2D eigenvalue weighted by molar-refractivity contribution is 7.71. The maximum atomic E-state index is 12.9. The highest BCUT2D eigenvalue weighted by Crippen LogP contribution is 2.36. The van der Waals surface area contributed by atoms with Crippen molar-refractivity contribution in [2.24, 2.45) is 0 Å². The quantitative estimate of drug-likeness (QED) is 0.596. The Morgan fingerprint density at radius 3 is 2.60 bits per heavy atom. The Morgan fingerprint density at radius 2 is 2.04 bits per heavy atom. The Bertz CT molecular complexity index is 941. The van der Waals surface area contributed by atoms with Crippen molar-refractivity contribution < 1.29 is 33.2 Å². The van der Waals surface area contributed by atoms with Gasteiger partial charge in [-0.2, -0.15) is 13.2 Å². The number of aliphatic hydroxyl groups is 3. The van der Waals surface area contributed by atoms with Crippen LogP contribution in [-0.2, 0) is 10.9 Å². The number of alkyl halides is 3. The topological polar surface area (TPSA) is 111 Å². The fraction of sp³-hybridized carbons (Fsp3) is 0.357. The van der Waals surface area contributed by atoms with Crippen LogP contribution in [0.25, 0.3) is 11.2 Å². The zero-order valence-corrected chi connectivity index (χ0v) is 13.4. The molecule has 0 bridgehead atoms. The van der Waals surface area contributed by atoms with E-state index in [9.17, 15) is 23.4 Å². The van der Waals surface area contributed by atoms with E-state index in [1.165, 1.54) is 13.0 Å². The Morgan fingerprint density at radius 1 is 1.36 bits per heavy atom. The van der Waals surface area contributed by atoms with E-state index in [1.807, 2.05) is 0 Å². The molecule has 1 aliphatic rings. The van der Waals surface area contributed by atoms with E-state index >= 15 is 0 Å². The molecule has 0 radical (unpaired) electrons. The zero-order valence-electron chi connectivity index (χ0n) is 12.6. The summed E-state index contributed by atoms with van der Waals surface area (Å²) in [6, 6.07) is 1.33. The second kappa shape index (κ2) is 5.93. The van der Waals surface area contributed by atoms with E-state index in [-0.39, 0.29) is 32.8 Å². The summed E-state index contributed by atoms with van der Waals surface area (Å²) < 4.78 is 44.0. The molecule has 2 aromatic rings. The van der Waals surface area contributed by atoms with Gasteiger partial charge in [-0.1, -0.05) is 12.2 Å². The van der Waals surface area contributed by atoms with E-state index in [4.69, 9.17) is 22.1 Å². The molecule has 25 heavy (non-hydrogen) atoms. The van der Waals surface area contributed by atoms with Gasteiger partial charge in [0.1, 0.15) is 16.8 Å². The third-order valence-corrected chi connectivity index (χ3v) is 4.06. The monoisotopic (exact) mass is 375 g/mol. The number of pyridine rings is 1. The maximum absolute atomic E-state index is 12.9. The number of nitrogens with one attached hydrogen (secondary N) is 1. The van der Waals surface area contributed by atoms with Crippen LogP contribution in [0.5, 0.6) is 0 Å². The average Bonchev–Trinajstić information content (AvgIpc) is 2.81. The number of aliphatic hydroxyl groups excluding tert-OH is 3. The molecule has 3 rings (SSSR count). The predicted molar refractivity (Wildman–Crippen MR) is 81.0 cm³/mol. The first-order valence-corrected chi connectivity index (χ1v) is 7.40. The molecule has 4 N–H and O–H groups in total. The number of nitrogens with zero attached hydrogens (tertiary/aromatic N) is 2. The lowest BCUT2D eigenvalue weighted by molar-refractivity contribution is -0.141. The number of fused-ring (bicyclic) bond motifs is 1. The van der Waals surface area contributed by atoms with E-state index < -0.39 is 36.4 Å². The van der Waals surface area contributed by atoms with Crippen molar-refractivity contribution in [3.8, 4) is 0 Å². The van der Waals surface area contributed by atoms with E-state index in [0.29, 0.717) is 0 Å². The Balaban J connectivity index is 2.11. The summed E-state index contributed by atoms with van der Waals surface area (Å²) in [6.07, 6.45) is -7.26. The van der Waals surface area contributed by atoms with E-state index in [2.05, 4.69) is 15.0 Å². The third-order valence-electron chi connectivity index (χ3n) is 3.72. The van der Waals surface area contributed by atoms with Crippen LogP contribution in [0.2, 0.25) is 0 Å². The number of hydrogen-bond acceptors (Lipinski definition) is 7. The van der Waals surface area contributed by atoms with Crippen molar-refractivity contribution >= 4 is 23.4 Å². The molecule has 1 unspecified atom stereocenters. The van der Waals surface area contributed by atoms with Crippen LogP contribution in [0.4, 0.5) is 13.2 Å². The third kappa shape index (κ3) is 2.94. The number of H-pyrrole nitrogens is 1. The van der Waals surface area contributed by atoms with Gasteiger partial charge in [-0.3, -0.25) is 0 Å². The van der Waals surface area contributed by atoms with Gasteiger partial charge in [0.15, 0.2) is 35.1 Å². The van der Waals surface area contributed by atoms with Crippen LogP contribution >= 0.6 is 12.2 Å². The Labute approximate surface area is 143 Å². The first kappa shape index (κ1) is 17.6. The lowest BCUT2D eigenvalue weighted by atomic mass is 10.1. The number of aryl methyl sites for hydroxylation is 1. The van der Waals surface area contributed by atoms with Crippen LogP contribution in [0.15, 0.2) is 17.6 Å². The molecule has 3 heterocycles. The molecule has 134 valence electrons. The summed E-state index contributed by atoms with van der Waals surface area (Å²) in [5.41, 5.74) is -1.34. The molecule has 0 fully saturated rings. The van der Waals surface area contributed by atoms with Gasteiger partial charge in [-0.15, -0.1) is 0 Å². The fourth-order valence-corrected chi connectivity index (χ4v) is 2.81. The summed E-state index contributed by atoms with van der Waals surface area (Å²) in [5, 5.41) is 28.8. The van der Waals surface area contributed by atoms with Crippen LogP contribution in [0.3, 0.4) is 0 Å². The summed E-state index contributed by atoms with van der Waals surface area (Å²) in [5.74, 6) is -0.738. The Kier molecular flexibility index (Phi) is 4.17. The number of hydrogen-bond donors (Lipinski definition) is 4. The first-order chi connectivity index (χ1) is 11.6. The summed E-state index contributed by atoms with van der Waals surface area (Å²) in [6.45, 7) is 0.548. The molecule has 2 atom stereocenters. The lowest BCUT2D eigenvalue weighted by Crippen LogP contribution is -2.18. The van der Waals surface area contributed by atoms with Crippen molar-refractivity contribution in [3.63, 3.8) is 0 Å². The lowest BCUT2D eigenvalue weighted by Gasteiger charge is -2.17. The van der Waals surface area contributed by atoms with Gasteiger partial charge in [-0.05, 0) is 13.0 Å². The largest absolute Gasteiger partial charge is 0.506 e. The molecule has 0 spiro atoms. The smallest absolute Gasteiger partial charge is 0.435 e. The normalized spacial score (nSPS) is 21.0. The molecular weight excluding hydrogens is 363 g/mol. The van der Waals surface area contributed by atoms with Gasteiger partial charge < -0.3 is 25.0 Å². The SMILES string of the molecule is Cc1nc2cc([C@@H]3OC(CO)=C(O)C3O)c(=S)[nH]c2nc1C(F)(F)F. The van der Waals surface area contributed by atoms with E-state index in [1.54, 1.807) is 0 Å². The van der Waals surface area contributed by atoms with Gasteiger partial charge in [0.2, 0.25) is 0 Å². The van der Waals surface area contributed by atoms with Gasteiger partial charge in [0.05, 0.1) is 5.69 Å². The predicted octanol–water partition coefficient (Wildman–Crippen LogP) is 2.21. The number of aromatic amines is 1. The number of ether oxygens (including phenoxy) is 1. The maximum Gasteiger partial charge on any atom is 0.435 e. The van der Waals surface area contributed by atoms with Crippen molar-refractivity contribution in [1.29, 1.82) is 0 Å². The molecule has 2 aromatic heterocycles. The highest BCUT2D eigenvalue weighted by atomic mass is 32.1. The summed E-state index contributed by atoms with van der Waals surface area (Å²) in [7, 11) is 0. The molecule has 1 aliphatic heterocycles. The minimum atomic E-state index is -4.66. The fourth-order valence-electron chi connectivity index (χ4n) is 2.54. The van der Waals surface area contributed by atoms with Crippen LogP contribution in [0, 0.1) is 11.6 Å². The molecule has 0 aromatic carbocycles. The van der Waals surface area contributed by atoms with Crippen LogP contribution < -0.4 is 0 Å². The molecule has 11 heteroatoms. The first-order valence-electron chi connectivity index (χ1n) is 6.99. The molecule has 0 saturated heterocycles. The van der Waals surface area contributed by atoms with Gasteiger partial charge in [-0.25, -0.2) is 9.97 Å². The van der Waals surface area contributed by atoms with Gasteiger partial charge in [0, 0.05) is 5.56 Å². The van der Waals surface area contributed by atoms with Crippen molar-refractivity contribution in [1.82, 2.24) is 15.0 Å². The van der Waals surface area contributed by atoms with E-state index in [0.717, 1.165) is 0 Å². The van der Waals surface area contributed by atoms with Gasteiger partial charge in [0.25, 0.3) is 0 Å². The second-order valence-corrected chi connectivity index (χ2v) is 5.80. The van der Waals surface area contributed by atoms with Gasteiger partial charge >= 0.3 is 6.18 Å². The van der Waals surface area contributed by atoms with Crippen LogP contribution in [0.1, 0.15) is 23.1 Å². The Hall–Kier alpha value is -2.24. The highest BCUT2D eigenvalue weighted by Gasteiger charge is 2.38. The summed E-state index contributed by atoms with van der Waals surface area (Å²) >= 11 is 5.09. The second-order valence-electron chi connectivity index (χ2n) is 5.39. The van der Waals surface area contributed by atoms with Crippen LogP contribution in [-0.4, -0.2) is 43.0 Å². The zero-order chi connectivity index (χ0) is 18.5. The summed E-state index contributed by atoms with van der Waals surface area (Å²) in [4.78, 5) is 9.93. The molecule has 0 saturated carbocycles. The standard InChI is InChI=1S/C14H12F3N3O4S/c1-4-11(14(15,16)17)19-12-6(18-4)2-5(13(25)20-12)10-9(23)8(22)7(3-21)24-10/h2,9-10,21-23H,3H2,1H3,(H,19,20,25)/t9?,10-/m0/s1. The molecular formula is C14H12F3N3O4S. The van der Waals surface area contributed by atoms with Crippen molar-refractivity contribution in [3.05, 3.63) is 39.2 Å². The average molecular weight is 375 g/mol. The minimum Gasteiger partial charge on any atom is -0.506 e. The molecule has 0 aliphatic carbocycles. The number of aromatic nitrogens is 3. The number of halogens is 3. The minimum absolute atomic E-state index is 0.0326. The molecule has 0 amide bonds. The number of rotatable bonds is 2. The van der Waals surface area contributed by atoms with Crippen molar-refractivity contribution in [2.75, 3.05) is 6.61 Å². The van der Waals surface area contributed by atoms with Crippen molar-refractivity contribution in [2.45, 2.75) is 25.3 Å².